The van der Waals surface area contributed by atoms with Gasteiger partial charge in [-0.15, -0.1) is 0 Å². The summed E-state index contributed by atoms with van der Waals surface area (Å²) in [5, 5.41) is 0. The van der Waals surface area contributed by atoms with Crippen molar-refractivity contribution in [3.63, 3.8) is 0 Å². The SMILES string of the molecule is C=C(C1=CC=C(CCCCCCCCCCCCCCCCCCC)CC1)C(CCCC(C)c1cccc(C(C)C)c1)C(C)CCC(C)c1cccc(C(C)C)c1. The second-order valence-corrected chi connectivity index (χ2v) is 19.5. The third-order valence-electron chi connectivity index (χ3n) is 13.9. The van der Waals surface area contributed by atoms with E-state index in [1.54, 1.807) is 5.57 Å². The van der Waals surface area contributed by atoms with Crippen LogP contribution in [-0.2, 0) is 0 Å². The molecular formula is C57H92. The lowest BCUT2D eigenvalue weighted by Gasteiger charge is -2.30. The summed E-state index contributed by atoms with van der Waals surface area (Å²) in [7, 11) is 0. The van der Waals surface area contributed by atoms with E-state index in [4.69, 9.17) is 6.58 Å². The molecule has 0 amide bonds. The van der Waals surface area contributed by atoms with Gasteiger partial charge in [0, 0.05) is 0 Å². The number of hydrogen-bond donors (Lipinski definition) is 0. The van der Waals surface area contributed by atoms with Crippen molar-refractivity contribution < 1.29 is 0 Å². The van der Waals surface area contributed by atoms with Crippen LogP contribution >= 0.6 is 0 Å². The van der Waals surface area contributed by atoms with Crippen LogP contribution < -0.4 is 0 Å². The van der Waals surface area contributed by atoms with Crippen LogP contribution in [0.2, 0.25) is 0 Å². The number of allylic oxidation sites excluding steroid dienone is 5. The normalized spacial score (nSPS) is 15.4. The molecule has 0 saturated heterocycles. The highest BCUT2D eigenvalue weighted by molar-refractivity contribution is 5.38. The fourth-order valence-electron chi connectivity index (χ4n) is 9.41. The first-order chi connectivity index (χ1) is 27.6. The Hall–Kier alpha value is -2.34. The maximum Gasteiger partial charge on any atom is -0.0139 e. The Morgan fingerprint density at radius 1 is 0.491 bits per heavy atom. The molecule has 2 aromatic rings. The predicted molar refractivity (Wildman–Crippen MR) is 257 cm³/mol. The molecule has 0 nitrogen and oxygen atoms in total. The number of benzene rings is 2. The molecule has 0 heterocycles. The second kappa shape index (κ2) is 29.0. The Morgan fingerprint density at radius 3 is 1.40 bits per heavy atom. The summed E-state index contributed by atoms with van der Waals surface area (Å²) in [5.74, 6) is 3.53. The van der Waals surface area contributed by atoms with Crippen LogP contribution in [0.4, 0.5) is 0 Å². The van der Waals surface area contributed by atoms with Crippen molar-refractivity contribution in [1.82, 2.24) is 0 Å². The first kappa shape index (κ1) is 49.0. The van der Waals surface area contributed by atoms with E-state index >= 15 is 0 Å². The van der Waals surface area contributed by atoms with E-state index < -0.39 is 0 Å². The van der Waals surface area contributed by atoms with E-state index in [1.807, 2.05) is 0 Å². The topological polar surface area (TPSA) is 0 Å². The molecule has 4 unspecified atom stereocenters. The molecule has 1 aliphatic rings. The molecule has 57 heavy (non-hydrogen) atoms. The lowest BCUT2D eigenvalue weighted by atomic mass is 9.75. The van der Waals surface area contributed by atoms with Gasteiger partial charge in [-0.05, 0) is 120 Å². The standard InChI is InChI=1S/C57H92/c1-10-11-12-13-14-15-16-17-18-19-20-21-22-23-24-25-26-31-51-39-41-52(42-40-51)50(9)57(36-27-30-47(6)55-34-28-32-53(43-55)45(2)3)49(8)38-37-48(7)56-35-29-33-54(44-56)46(4)5/h28-29,32-35,39,41,43-49,57H,9-27,30-31,36-38,40,42H2,1-8H3. The molecule has 0 heteroatoms. The molecule has 3 rings (SSSR count). The average molecular weight is 777 g/mol. The van der Waals surface area contributed by atoms with Crippen molar-refractivity contribution in [1.29, 1.82) is 0 Å². The fourth-order valence-corrected chi connectivity index (χ4v) is 9.41. The lowest BCUT2D eigenvalue weighted by Crippen LogP contribution is -2.17. The van der Waals surface area contributed by atoms with Gasteiger partial charge in [0.15, 0.2) is 0 Å². The number of rotatable bonds is 32. The maximum absolute atomic E-state index is 4.88. The van der Waals surface area contributed by atoms with Gasteiger partial charge in [-0.1, -0.05) is 237 Å². The fraction of sp³-hybridized carbons (Fsp3) is 0.684. The summed E-state index contributed by atoms with van der Waals surface area (Å²) in [4.78, 5) is 0. The molecule has 0 bridgehead atoms. The first-order valence-electron chi connectivity index (χ1n) is 24.9. The molecule has 0 N–H and O–H groups in total. The Labute approximate surface area is 356 Å². The zero-order valence-electron chi connectivity index (χ0n) is 39.1. The van der Waals surface area contributed by atoms with Gasteiger partial charge in [0.25, 0.3) is 0 Å². The maximum atomic E-state index is 4.88. The third-order valence-corrected chi connectivity index (χ3v) is 13.9. The molecule has 2 aromatic carbocycles. The Kier molecular flexibility index (Phi) is 24.9. The van der Waals surface area contributed by atoms with Crippen molar-refractivity contribution >= 4 is 0 Å². The van der Waals surface area contributed by atoms with Crippen molar-refractivity contribution in [2.24, 2.45) is 11.8 Å². The zero-order chi connectivity index (χ0) is 41.3. The molecule has 0 radical (unpaired) electrons. The van der Waals surface area contributed by atoms with E-state index in [0.717, 1.165) is 0 Å². The van der Waals surface area contributed by atoms with Gasteiger partial charge in [0.1, 0.15) is 0 Å². The van der Waals surface area contributed by atoms with Crippen LogP contribution in [0.15, 0.2) is 84.0 Å². The Bertz CT molecular complexity index is 1420. The van der Waals surface area contributed by atoms with Crippen LogP contribution in [0, 0.1) is 11.8 Å². The number of hydrogen-bond acceptors (Lipinski definition) is 0. The average Bonchev–Trinajstić information content (AvgIpc) is 3.22. The van der Waals surface area contributed by atoms with Gasteiger partial charge < -0.3 is 0 Å². The van der Waals surface area contributed by atoms with Gasteiger partial charge in [-0.3, -0.25) is 0 Å². The molecule has 0 aromatic heterocycles. The minimum absolute atomic E-state index is 0.555. The summed E-state index contributed by atoms with van der Waals surface area (Å²) >= 11 is 0. The van der Waals surface area contributed by atoms with Crippen molar-refractivity contribution in [2.45, 2.75) is 240 Å². The largest absolute Gasteiger partial charge is 0.0953 e. The minimum atomic E-state index is 0.555. The Morgan fingerprint density at radius 2 is 0.947 bits per heavy atom. The Balaban J connectivity index is 1.44. The first-order valence-corrected chi connectivity index (χ1v) is 24.9. The van der Waals surface area contributed by atoms with Gasteiger partial charge >= 0.3 is 0 Å². The van der Waals surface area contributed by atoms with E-state index in [1.165, 1.54) is 194 Å². The summed E-state index contributed by atoms with van der Waals surface area (Å²) in [6.45, 7) is 23.8. The minimum Gasteiger partial charge on any atom is -0.0953 e. The van der Waals surface area contributed by atoms with Gasteiger partial charge in [0.05, 0.1) is 0 Å². The highest BCUT2D eigenvalue weighted by Crippen LogP contribution is 2.39. The third kappa shape index (κ3) is 19.5. The molecule has 1 aliphatic carbocycles. The second-order valence-electron chi connectivity index (χ2n) is 19.5. The van der Waals surface area contributed by atoms with Crippen LogP contribution in [0.25, 0.3) is 0 Å². The summed E-state index contributed by atoms with van der Waals surface area (Å²) in [5.41, 5.74) is 10.6. The zero-order valence-corrected chi connectivity index (χ0v) is 39.1. The van der Waals surface area contributed by atoms with E-state index in [0.29, 0.717) is 35.5 Å². The predicted octanol–water partition coefficient (Wildman–Crippen LogP) is 19.3. The van der Waals surface area contributed by atoms with Crippen LogP contribution in [0.3, 0.4) is 0 Å². The molecule has 320 valence electrons. The van der Waals surface area contributed by atoms with Crippen molar-refractivity contribution in [2.75, 3.05) is 0 Å². The molecule has 0 aliphatic heterocycles. The van der Waals surface area contributed by atoms with E-state index in [-0.39, 0.29) is 0 Å². The summed E-state index contributed by atoms with van der Waals surface area (Å²) in [6, 6.07) is 18.7. The highest BCUT2D eigenvalue weighted by Gasteiger charge is 2.24. The molecular weight excluding hydrogens is 685 g/mol. The molecule has 0 fully saturated rings. The van der Waals surface area contributed by atoms with Crippen LogP contribution in [-0.4, -0.2) is 0 Å². The quantitative estimate of drug-likeness (QED) is 0.0649. The molecule has 4 atom stereocenters. The van der Waals surface area contributed by atoms with Crippen LogP contribution in [0.1, 0.15) is 262 Å². The summed E-state index contributed by atoms with van der Waals surface area (Å²) in [6.07, 6.45) is 39.4. The van der Waals surface area contributed by atoms with E-state index in [2.05, 4.69) is 116 Å². The highest BCUT2D eigenvalue weighted by atomic mass is 14.3. The molecule has 0 saturated carbocycles. The smallest absolute Gasteiger partial charge is 0.0139 e. The number of unbranched alkanes of at least 4 members (excludes halogenated alkanes) is 16. The van der Waals surface area contributed by atoms with Gasteiger partial charge in [-0.2, -0.15) is 0 Å². The molecule has 0 spiro atoms. The lowest BCUT2D eigenvalue weighted by molar-refractivity contribution is 0.337. The van der Waals surface area contributed by atoms with Gasteiger partial charge in [0.2, 0.25) is 0 Å². The van der Waals surface area contributed by atoms with Crippen molar-refractivity contribution in [3.05, 3.63) is 106 Å². The summed E-state index contributed by atoms with van der Waals surface area (Å²) < 4.78 is 0. The van der Waals surface area contributed by atoms with Crippen LogP contribution in [0.5, 0.6) is 0 Å². The monoisotopic (exact) mass is 777 g/mol. The van der Waals surface area contributed by atoms with E-state index in [9.17, 15) is 0 Å². The van der Waals surface area contributed by atoms with Gasteiger partial charge in [-0.25, -0.2) is 0 Å². The van der Waals surface area contributed by atoms with Crippen molar-refractivity contribution in [3.8, 4) is 0 Å².